The highest BCUT2D eigenvalue weighted by Gasteiger charge is 2.32. The van der Waals surface area contributed by atoms with E-state index in [1.165, 1.54) is 12.1 Å². The second-order valence-electron chi connectivity index (χ2n) is 5.14. The van der Waals surface area contributed by atoms with Gasteiger partial charge in [-0.3, -0.25) is 9.78 Å². The van der Waals surface area contributed by atoms with Crippen LogP contribution in [0.15, 0.2) is 42.6 Å². The maximum absolute atomic E-state index is 12.4. The Bertz CT molecular complexity index is 738. The number of carbonyl (C=O) groups is 1. The highest BCUT2D eigenvalue weighted by Crippen LogP contribution is 2.27. The Labute approximate surface area is 138 Å². The molecule has 9 heteroatoms. The third-order valence-corrected chi connectivity index (χ3v) is 3.05. The molecule has 0 unspecified atom stereocenters. The molecule has 2 aromatic rings. The number of alkyl halides is 6. The van der Waals surface area contributed by atoms with Crippen LogP contribution in [0.1, 0.15) is 16.8 Å². The molecular weight excluding hydrogens is 352 g/mol. The van der Waals surface area contributed by atoms with E-state index in [0.717, 1.165) is 30.5 Å². The van der Waals surface area contributed by atoms with Crippen LogP contribution in [0.3, 0.4) is 0 Å². The fourth-order valence-corrected chi connectivity index (χ4v) is 2.07. The number of benzene rings is 1. The van der Waals surface area contributed by atoms with Gasteiger partial charge in [0, 0.05) is 19.0 Å². The van der Waals surface area contributed by atoms with E-state index in [-0.39, 0.29) is 24.2 Å². The van der Waals surface area contributed by atoms with Crippen LogP contribution < -0.4 is 4.74 Å². The zero-order valence-electron chi connectivity index (χ0n) is 12.5. The molecule has 0 radical (unpaired) electrons. The fraction of sp³-hybridized carbons (Fsp3) is 0.250. The van der Waals surface area contributed by atoms with Gasteiger partial charge in [0.25, 0.3) is 0 Å². The molecule has 1 aromatic heterocycles. The fourth-order valence-electron chi connectivity index (χ4n) is 2.07. The average Bonchev–Trinajstić information content (AvgIpc) is 2.45. The normalized spacial score (nSPS) is 12.1. The smallest absolute Gasteiger partial charge is 0.406 e. The summed E-state index contributed by atoms with van der Waals surface area (Å²) in [6, 6.07) is 6.84. The zero-order chi connectivity index (χ0) is 18.7. The van der Waals surface area contributed by atoms with Crippen LogP contribution >= 0.6 is 0 Å². The van der Waals surface area contributed by atoms with Crippen LogP contribution in [-0.4, -0.2) is 17.1 Å². The van der Waals surface area contributed by atoms with Crippen LogP contribution in [0.25, 0.3) is 0 Å². The van der Waals surface area contributed by atoms with E-state index in [2.05, 4.69) is 9.72 Å². The van der Waals surface area contributed by atoms with Crippen LogP contribution in [0.4, 0.5) is 26.3 Å². The van der Waals surface area contributed by atoms with Gasteiger partial charge in [-0.25, -0.2) is 0 Å². The van der Waals surface area contributed by atoms with Gasteiger partial charge in [-0.05, 0) is 29.3 Å². The number of halogens is 6. The summed E-state index contributed by atoms with van der Waals surface area (Å²) in [4.78, 5) is 15.2. The lowest BCUT2D eigenvalue weighted by Gasteiger charge is -2.10. The van der Waals surface area contributed by atoms with Crippen molar-refractivity contribution in [3.8, 4) is 5.75 Å². The van der Waals surface area contributed by atoms with Crippen molar-refractivity contribution < 1.29 is 35.9 Å². The lowest BCUT2D eigenvalue weighted by atomic mass is 10.0. The van der Waals surface area contributed by atoms with Crippen molar-refractivity contribution in [2.45, 2.75) is 25.4 Å². The minimum Gasteiger partial charge on any atom is -0.406 e. The Kier molecular flexibility index (Phi) is 5.34. The Morgan fingerprint density at radius 2 is 1.64 bits per heavy atom. The molecule has 1 heterocycles. The van der Waals surface area contributed by atoms with Gasteiger partial charge in [-0.15, -0.1) is 13.2 Å². The van der Waals surface area contributed by atoms with E-state index >= 15 is 0 Å². The predicted molar refractivity (Wildman–Crippen MR) is 74.8 cm³/mol. The molecule has 0 aliphatic heterocycles. The Hall–Kier alpha value is -2.58. The second-order valence-corrected chi connectivity index (χ2v) is 5.14. The first-order valence-electron chi connectivity index (χ1n) is 6.91. The Balaban J connectivity index is 1.99. The minimum absolute atomic E-state index is 0.184. The number of nitrogens with zero attached hydrogens (tertiary/aromatic N) is 1. The monoisotopic (exact) mass is 363 g/mol. The number of pyridine rings is 1. The maximum Gasteiger partial charge on any atom is 0.573 e. The average molecular weight is 363 g/mol. The number of aromatic nitrogens is 1. The largest absolute Gasteiger partial charge is 0.573 e. The number of Topliss-reactive ketones (excluding diaryl/α,β-unsaturated/α-hetero) is 1. The van der Waals surface area contributed by atoms with E-state index in [9.17, 15) is 31.1 Å². The number of ketones is 1. The standard InChI is InChI=1S/C16H11F6NO2/c17-15(18,19)14-5-4-11(9-23-14)7-12(24)6-10-2-1-3-13(8-10)25-16(20,21)22/h1-5,8-9H,6-7H2. The van der Waals surface area contributed by atoms with Crippen molar-refractivity contribution in [3.05, 3.63) is 59.4 Å². The molecule has 134 valence electrons. The summed E-state index contributed by atoms with van der Waals surface area (Å²) >= 11 is 0. The number of carbonyl (C=O) groups excluding carboxylic acids is 1. The van der Waals surface area contributed by atoms with Crippen molar-refractivity contribution in [3.63, 3.8) is 0 Å². The lowest BCUT2D eigenvalue weighted by Crippen LogP contribution is -2.17. The number of rotatable bonds is 5. The van der Waals surface area contributed by atoms with Gasteiger partial charge in [-0.1, -0.05) is 18.2 Å². The molecule has 1 aromatic carbocycles. The maximum atomic E-state index is 12.4. The third-order valence-electron chi connectivity index (χ3n) is 3.05. The lowest BCUT2D eigenvalue weighted by molar-refractivity contribution is -0.274. The molecule has 0 aliphatic carbocycles. The minimum atomic E-state index is -4.84. The van der Waals surface area contributed by atoms with Crippen LogP contribution in [0.2, 0.25) is 0 Å². The molecular formula is C16H11F6NO2. The van der Waals surface area contributed by atoms with Crippen LogP contribution in [0.5, 0.6) is 5.75 Å². The van der Waals surface area contributed by atoms with Gasteiger partial charge in [0.15, 0.2) is 0 Å². The second kappa shape index (κ2) is 7.12. The molecule has 0 saturated carbocycles. The summed E-state index contributed by atoms with van der Waals surface area (Å²) < 4.78 is 77.5. The predicted octanol–water partition coefficient (Wildman–Crippen LogP) is 4.35. The molecule has 25 heavy (non-hydrogen) atoms. The molecule has 3 nitrogen and oxygen atoms in total. The van der Waals surface area contributed by atoms with Crippen molar-refractivity contribution in [2.24, 2.45) is 0 Å². The summed E-state index contributed by atoms with van der Waals surface area (Å²) in [6.45, 7) is 0. The van der Waals surface area contributed by atoms with E-state index in [1.54, 1.807) is 0 Å². The number of hydrogen-bond acceptors (Lipinski definition) is 3. The summed E-state index contributed by atoms with van der Waals surface area (Å²) in [7, 11) is 0. The summed E-state index contributed by atoms with van der Waals surface area (Å²) in [5.41, 5.74) is -0.493. The van der Waals surface area contributed by atoms with Gasteiger partial charge in [0.1, 0.15) is 17.2 Å². The Morgan fingerprint density at radius 1 is 0.960 bits per heavy atom. The molecule has 0 aliphatic rings. The first kappa shape index (κ1) is 18.8. The number of hydrogen-bond donors (Lipinski definition) is 0. The molecule has 0 fully saturated rings. The summed E-state index contributed by atoms with van der Waals surface area (Å²) in [5, 5.41) is 0. The number of ether oxygens (including phenoxy) is 1. The topological polar surface area (TPSA) is 39.2 Å². The highest BCUT2D eigenvalue weighted by molar-refractivity contribution is 5.83. The van der Waals surface area contributed by atoms with Crippen molar-refractivity contribution in [1.82, 2.24) is 4.98 Å². The molecule has 0 N–H and O–H groups in total. The first-order chi connectivity index (χ1) is 11.5. The van der Waals surface area contributed by atoms with Gasteiger partial charge >= 0.3 is 12.5 Å². The van der Waals surface area contributed by atoms with E-state index < -0.39 is 24.0 Å². The summed E-state index contributed by atoms with van der Waals surface area (Å²) in [6.07, 6.45) is -8.83. The molecule has 0 amide bonds. The van der Waals surface area contributed by atoms with Crippen molar-refractivity contribution in [2.75, 3.05) is 0 Å². The Morgan fingerprint density at radius 3 is 2.20 bits per heavy atom. The SMILES string of the molecule is O=C(Cc1ccc(C(F)(F)F)nc1)Cc1cccc(OC(F)(F)F)c1. The third kappa shape index (κ3) is 6.09. The van der Waals surface area contributed by atoms with Crippen molar-refractivity contribution in [1.29, 1.82) is 0 Å². The molecule has 0 bridgehead atoms. The first-order valence-corrected chi connectivity index (χ1v) is 6.91. The van der Waals surface area contributed by atoms with E-state index in [4.69, 9.17) is 0 Å². The van der Waals surface area contributed by atoms with E-state index in [1.807, 2.05) is 0 Å². The van der Waals surface area contributed by atoms with Gasteiger partial charge < -0.3 is 4.74 Å². The van der Waals surface area contributed by atoms with Gasteiger partial charge in [0.2, 0.25) is 0 Å². The van der Waals surface area contributed by atoms with Crippen molar-refractivity contribution >= 4 is 5.78 Å². The quantitative estimate of drug-likeness (QED) is 0.742. The van der Waals surface area contributed by atoms with E-state index in [0.29, 0.717) is 5.56 Å². The van der Waals surface area contributed by atoms with Gasteiger partial charge in [0.05, 0.1) is 0 Å². The highest BCUT2D eigenvalue weighted by atomic mass is 19.4. The molecule has 0 atom stereocenters. The molecule has 2 rings (SSSR count). The van der Waals surface area contributed by atoms with Crippen LogP contribution in [0, 0.1) is 0 Å². The summed E-state index contributed by atoms with van der Waals surface area (Å²) in [5.74, 6) is -0.834. The zero-order valence-corrected chi connectivity index (χ0v) is 12.5. The molecule has 0 saturated heterocycles. The van der Waals surface area contributed by atoms with Gasteiger partial charge in [-0.2, -0.15) is 13.2 Å². The molecule has 0 spiro atoms. The van der Waals surface area contributed by atoms with Crippen LogP contribution in [-0.2, 0) is 23.8 Å².